The molecule has 0 saturated carbocycles. The Kier molecular flexibility index (Phi) is 6.92. The topological polar surface area (TPSA) is 66.8 Å². The molecule has 1 rings (SSSR count). The molecule has 0 aliphatic heterocycles. The van der Waals surface area contributed by atoms with E-state index < -0.39 is 10.0 Å². The summed E-state index contributed by atoms with van der Waals surface area (Å²) in [5, 5.41) is 9.00. The first-order valence-corrected chi connectivity index (χ1v) is 8.51. The van der Waals surface area contributed by atoms with Gasteiger partial charge >= 0.3 is 0 Å². The van der Waals surface area contributed by atoms with Gasteiger partial charge in [-0.15, -0.1) is 0 Å². The molecule has 0 heterocycles. The zero-order valence-electron chi connectivity index (χ0n) is 10.3. The van der Waals surface area contributed by atoms with E-state index >= 15 is 0 Å². The Morgan fingerprint density at radius 3 is 2.58 bits per heavy atom. The predicted octanol–water partition coefficient (Wildman–Crippen LogP) is 1.84. The molecule has 0 radical (unpaired) electrons. The number of sulfonamides is 1. The van der Waals surface area contributed by atoms with Gasteiger partial charge in [0.15, 0.2) is 0 Å². The maximum atomic E-state index is 12.5. The first kappa shape index (κ1) is 17.1. The third-order valence-corrected chi connectivity index (χ3v) is 5.79. The SMILES string of the molecule is COCCN(CCO)S(=O)(=O)c1cc(Br)ccc1Br. The second kappa shape index (κ2) is 7.70. The van der Waals surface area contributed by atoms with Gasteiger partial charge in [-0.25, -0.2) is 8.42 Å². The fourth-order valence-electron chi connectivity index (χ4n) is 1.47. The van der Waals surface area contributed by atoms with Gasteiger partial charge in [-0.05, 0) is 34.1 Å². The van der Waals surface area contributed by atoms with Crippen LogP contribution in [0.15, 0.2) is 32.0 Å². The monoisotopic (exact) mass is 415 g/mol. The molecule has 0 bridgehead atoms. The Morgan fingerprint density at radius 2 is 2.00 bits per heavy atom. The highest BCUT2D eigenvalue weighted by atomic mass is 79.9. The van der Waals surface area contributed by atoms with E-state index in [1.54, 1.807) is 12.1 Å². The number of aliphatic hydroxyl groups excluding tert-OH is 1. The van der Waals surface area contributed by atoms with Crippen molar-refractivity contribution in [3.8, 4) is 0 Å². The molecule has 0 amide bonds. The van der Waals surface area contributed by atoms with E-state index in [1.807, 2.05) is 0 Å². The molecule has 8 heteroatoms. The van der Waals surface area contributed by atoms with Gasteiger partial charge in [-0.1, -0.05) is 15.9 Å². The second-order valence-electron chi connectivity index (χ2n) is 3.70. The minimum atomic E-state index is -3.67. The van der Waals surface area contributed by atoms with Crippen LogP contribution in [0.25, 0.3) is 0 Å². The first-order chi connectivity index (χ1) is 8.93. The molecule has 0 fully saturated rings. The van der Waals surface area contributed by atoms with Gasteiger partial charge in [0.2, 0.25) is 10.0 Å². The van der Waals surface area contributed by atoms with E-state index in [0.717, 1.165) is 0 Å². The first-order valence-electron chi connectivity index (χ1n) is 5.48. The molecule has 0 aromatic heterocycles. The number of nitrogens with zero attached hydrogens (tertiary/aromatic N) is 1. The summed E-state index contributed by atoms with van der Waals surface area (Å²) >= 11 is 6.49. The number of hydrogen-bond donors (Lipinski definition) is 1. The molecule has 0 aliphatic rings. The van der Waals surface area contributed by atoms with E-state index in [4.69, 9.17) is 9.84 Å². The average molecular weight is 417 g/mol. The summed E-state index contributed by atoms with van der Waals surface area (Å²) in [5.41, 5.74) is 0. The van der Waals surface area contributed by atoms with Crippen LogP contribution >= 0.6 is 31.9 Å². The van der Waals surface area contributed by atoms with E-state index in [0.29, 0.717) is 8.95 Å². The standard InChI is InChI=1S/C11H15Br2NO4S/c1-18-7-5-14(4-6-15)19(16,17)11-8-9(12)2-3-10(11)13/h2-3,8,15H,4-7H2,1H3. The highest BCUT2D eigenvalue weighted by Gasteiger charge is 2.26. The normalized spacial score (nSPS) is 12.1. The molecular formula is C11H15Br2NO4S. The number of rotatable bonds is 7. The number of benzene rings is 1. The smallest absolute Gasteiger partial charge is 0.244 e. The fourth-order valence-corrected chi connectivity index (χ4v) is 4.35. The van der Waals surface area contributed by atoms with Crippen LogP contribution in [0.1, 0.15) is 0 Å². The van der Waals surface area contributed by atoms with Crippen LogP contribution in [0, 0.1) is 0 Å². The zero-order valence-corrected chi connectivity index (χ0v) is 14.3. The molecule has 0 saturated heterocycles. The third-order valence-electron chi connectivity index (χ3n) is 2.41. The van der Waals surface area contributed by atoms with E-state index in [2.05, 4.69) is 31.9 Å². The van der Waals surface area contributed by atoms with Gasteiger partial charge in [-0.3, -0.25) is 0 Å². The van der Waals surface area contributed by atoms with Crippen molar-refractivity contribution in [3.63, 3.8) is 0 Å². The number of halogens is 2. The highest BCUT2D eigenvalue weighted by Crippen LogP contribution is 2.28. The Bertz CT molecular complexity index is 521. The summed E-state index contributed by atoms with van der Waals surface area (Å²) < 4.78 is 32.3. The quantitative estimate of drug-likeness (QED) is 0.736. The summed E-state index contributed by atoms with van der Waals surface area (Å²) in [6.07, 6.45) is 0. The number of aliphatic hydroxyl groups is 1. The van der Waals surface area contributed by atoms with Gasteiger partial charge in [0.05, 0.1) is 18.1 Å². The van der Waals surface area contributed by atoms with E-state index in [-0.39, 0.29) is 31.2 Å². The molecule has 0 spiro atoms. The second-order valence-corrected chi connectivity index (χ2v) is 7.37. The maximum Gasteiger partial charge on any atom is 0.244 e. The average Bonchev–Trinajstić information content (AvgIpc) is 2.37. The lowest BCUT2D eigenvalue weighted by molar-refractivity contribution is 0.168. The van der Waals surface area contributed by atoms with Crippen LogP contribution < -0.4 is 0 Å². The highest BCUT2D eigenvalue weighted by molar-refractivity contribution is 9.11. The van der Waals surface area contributed by atoms with Crippen molar-refractivity contribution in [3.05, 3.63) is 27.1 Å². The molecule has 0 aliphatic carbocycles. The molecule has 1 N–H and O–H groups in total. The minimum Gasteiger partial charge on any atom is -0.395 e. The summed E-state index contributed by atoms with van der Waals surface area (Å²) in [6.45, 7) is 0.252. The van der Waals surface area contributed by atoms with Gasteiger partial charge in [0, 0.05) is 29.1 Å². The van der Waals surface area contributed by atoms with Gasteiger partial charge in [0.25, 0.3) is 0 Å². The van der Waals surface area contributed by atoms with Crippen molar-refractivity contribution in [2.75, 3.05) is 33.4 Å². The summed E-state index contributed by atoms with van der Waals surface area (Å²) in [7, 11) is -2.17. The third kappa shape index (κ3) is 4.51. The van der Waals surface area contributed by atoms with Gasteiger partial charge in [-0.2, -0.15) is 4.31 Å². The van der Waals surface area contributed by atoms with Crippen molar-refractivity contribution in [2.45, 2.75) is 4.90 Å². The lowest BCUT2D eigenvalue weighted by atomic mass is 10.4. The minimum absolute atomic E-state index is 0.0324. The van der Waals surface area contributed by atoms with Crippen molar-refractivity contribution >= 4 is 41.9 Å². The van der Waals surface area contributed by atoms with Crippen molar-refractivity contribution < 1.29 is 18.3 Å². The van der Waals surface area contributed by atoms with Crippen LogP contribution in [-0.2, 0) is 14.8 Å². The Hall–Kier alpha value is 0.01000. The molecule has 108 valence electrons. The van der Waals surface area contributed by atoms with Crippen LogP contribution in [-0.4, -0.2) is 51.2 Å². The molecule has 0 unspecified atom stereocenters. The number of hydrogen-bond acceptors (Lipinski definition) is 4. The Morgan fingerprint density at radius 1 is 1.32 bits per heavy atom. The zero-order chi connectivity index (χ0) is 14.5. The number of methoxy groups -OCH3 is 1. The van der Waals surface area contributed by atoms with Crippen molar-refractivity contribution in [1.82, 2.24) is 4.31 Å². The Balaban J connectivity index is 3.14. The molecule has 1 aromatic rings. The lowest BCUT2D eigenvalue weighted by Crippen LogP contribution is -2.36. The number of ether oxygens (including phenoxy) is 1. The summed E-state index contributed by atoms with van der Waals surface area (Å²) in [4.78, 5) is 0.159. The van der Waals surface area contributed by atoms with Crippen LogP contribution in [0.4, 0.5) is 0 Å². The molecule has 19 heavy (non-hydrogen) atoms. The molecule has 1 aromatic carbocycles. The van der Waals surface area contributed by atoms with Gasteiger partial charge < -0.3 is 9.84 Å². The van der Waals surface area contributed by atoms with E-state index in [1.165, 1.54) is 17.5 Å². The van der Waals surface area contributed by atoms with Crippen LogP contribution in [0.5, 0.6) is 0 Å². The summed E-state index contributed by atoms with van der Waals surface area (Å²) in [5.74, 6) is 0. The molecule has 5 nitrogen and oxygen atoms in total. The van der Waals surface area contributed by atoms with Gasteiger partial charge in [0.1, 0.15) is 0 Å². The lowest BCUT2D eigenvalue weighted by Gasteiger charge is -2.21. The maximum absolute atomic E-state index is 12.5. The summed E-state index contributed by atoms with van der Waals surface area (Å²) in [6, 6.07) is 4.93. The molecular weight excluding hydrogens is 402 g/mol. The molecule has 0 atom stereocenters. The predicted molar refractivity (Wildman–Crippen MR) is 79.6 cm³/mol. The largest absolute Gasteiger partial charge is 0.395 e. The van der Waals surface area contributed by atoms with Crippen LogP contribution in [0.2, 0.25) is 0 Å². The van der Waals surface area contributed by atoms with Crippen molar-refractivity contribution in [1.29, 1.82) is 0 Å². The van der Waals surface area contributed by atoms with Crippen molar-refractivity contribution in [2.24, 2.45) is 0 Å². The van der Waals surface area contributed by atoms with E-state index in [9.17, 15) is 8.42 Å². The van der Waals surface area contributed by atoms with Crippen LogP contribution in [0.3, 0.4) is 0 Å². The fraction of sp³-hybridized carbons (Fsp3) is 0.455. The Labute approximate surface area is 129 Å².